The van der Waals surface area contributed by atoms with E-state index in [0.717, 1.165) is 8.95 Å². The van der Waals surface area contributed by atoms with Crippen molar-refractivity contribution in [1.82, 2.24) is 15.0 Å². The first-order valence-corrected chi connectivity index (χ1v) is 5.61. The number of imidazole rings is 1. The number of aromatic amines is 1. The number of halogens is 2. The van der Waals surface area contributed by atoms with Crippen LogP contribution in [0, 0.1) is 0 Å². The molecule has 0 bridgehead atoms. The van der Waals surface area contributed by atoms with Gasteiger partial charge in [-0.05, 0) is 37.9 Å². The molecule has 76 valence electrons. The molecule has 1 N–H and O–H groups in total. The zero-order valence-corrected chi connectivity index (χ0v) is 10.5. The number of nitrogens with one attached hydrogen (secondary N) is 1. The van der Waals surface area contributed by atoms with Crippen molar-refractivity contribution >= 4 is 38.1 Å². The van der Waals surface area contributed by atoms with Crippen molar-refractivity contribution in [1.29, 1.82) is 0 Å². The Morgan fingerprint density at radius 2 is 2.07 bits per heavy atom. The van der Waals surface area contributed by atoms with Gasteiger partial charge in [0.1, 0.15) is 5.69 Å². The van der Waals surface area contributed by atoms with Crippen LogP contribution in [0.1, 0.15) is 10.5 Å². The number of aromatic nitrogens is 3. The maximum absolute atomic E-state index is 10.5. The van der Waals surface area contributed by atoms with Crippen molar-refractivity contribution < 1.29 is 4.79 Å². The summed E-state index contributed by atoms with van der Waals surface area (Å²) in [7, 11) is 0. The molecule has 6 heteroatoms. The number of aldehydes is 1. The number of H-pyrrole nitrogens is 1. The van der Waals surface area contributed by atoms with Crippen LogP contribution in [0.3, 0.4) is 0 Å². The molecule has 15 heavy (non-hydrogen) atoms. The highest BCUT2D eigenvalue weighted by Crippen LogP contribution is 2.26. The number of rotatable bonds is 2. The van der Waals surface area contributed by atoms with Crippen LogP contribution in [0.2, 0.25) is 0 Å². The van der Waals surface area contributed by atoms with Gasteiger partial charge >= 0.3 is 0 Å². The fraction of sp³-hybridized carbons (Fsp3) is 0. The van der Waals surface area contributed by atoms with Crippen LogP contribution < -0.4 is 0 Å². The van der Waals surface area contributed by atoms with Gasteiger partial charge in [-0.15, -0.1) is 0 Å². The maximum Gasteiger partial charge on any atom is 0.167 e. The molecule has 0 aliphatic rings. The van der Waals surface area contributed by atoms with Crippen LogP contribution in [0.4, 0.5) is 0 Å². The van der Waals surface area contributed by atoms with Crippen LogP contribution in [0.25, 0.3) is 11.5 Å². The van der Waals surface area contributed by atoms with Crippen molar-refractivity contribution in [2.24, 2.45) is 0 Å². The molecule has 2 aromatic rings. The summed E-state index contributed by atoms with van der Waals surface area (Å²) in [4.78, 5) is 21.6. The van der Waals surface area contributed by atoms with Gasteiger partial charge in [-0.25, -0.2) is 4.98 Å². The van der Waals surface area contributed by atoms with E-state index < -0.39 is 0 Å². The lowest BCUT2D eigenvalue weighted by molar-refractivity contribution is 0.111. The van der Waals surface area contributed by atoms with E-state index in [2.05, 4.69) is 46.8 Å². The molecule has 2 rings (SSSR count). The number of pyridine rings is 1. The Morgan fingerprint density at radius 1 is 1.27 bits per heavy atom. The average molecular weight is 331 g/mol. The van der Waals surface area contributed by atoms with Gasteiger partial charge in [-0.1, -0.05) is 0 Å². The van der Waals surface area contributed by atoms with Gasteiger partial charge in [-0.3, -0.25) is 9.78 Å². The van der Waals surface area contributed by atoms with Gasteiger partial charge in [0, 0.05) is 15.1 Å². The minimum Gasteiger partial charge on any atom is -0.334 e. The number of hydrogen-bond acceptors (Lipinski definition) is 3. The molecule has 0 amide bonds. The third kappa shape index (κ3) is 2.15. The van der Waals surface area contributed by atoms with Crippen LogP contribution in [-0.2, 0) is 0 Å². The zero-order chi connectivity index (χ0) is 10.8. The maximum atomic E-state index is 10.5. The van der Waals surface area contributed by atoms with E-state index in [1.54, 1.807) is 6.20 Å². The van der Waals surface area contributed by atoms with Gasteiger partial charge in [0.25, 0.3) is 0 Å². The highest BCUT2D eigenvalue weighted by atomic mass is 79.9. The molecule has 2 aromatic heterocycles. The molecule has 4 nitrogen and oxygen atoms in total. The van der Waals surface area contributed by atoms with E-state index in [1.165, 1.54) is 6.20 Å². The van der Waals surface area contributed by atoms with Crippen molar-refractivity contribution in [3.05, 3.63) is 33.1 Å². The molecule has 0 unspecified atom stereocenters. The molecule has 0 spiro atoms. The normalized spacial score (nSPS) is 10.3. The third-order valence-corrected chi connectivity index (χ3v) is 2.79. The molecule has 0 saturated heterocycles. The first kappa shape index (κ1) is 10.5. The largest absolute Gasteiger partial charge is 0.334 e. The predicted octanol–water partition coefficient (Wildman–Crippen LogP) is 2.81. The van der Waals surface area contributed by atoms with E-state index in [-0.39, 0.29) is 0 Å². The van der Waals surface area contributed by atoms with Gasteiger partial charge in [0.2, 0.25) is 0 Å². The number of carbonyl (C=O) groups is 1. The van der Waals surface area contributed by atoms with Crippen LogP contribution in [-0.4, -0.2) is 21.2 Å². The molecule has 0 atom stereocenters. The quantitative estimate of drug-likeness (QED) is 0.861. The zero-order valence-electron chi connectivity index (χ0n) is 7.37. The number of carbonyl (C=O) groups excluding carboxylic acids is 1. The summed E-state index contributed by atoms with van der Waals surface area (Å²) in [6.07, 6.45) is 3.85. The molecular weight excluding hydrogens is 326 g/mol. The summed E-state index contributed by atoms with van der Waals surface area (Å²) in [5.41, 5.74) is 1.10. The average Bonchev–Trinajstić information content (AvgIpc) is 2.66. The highest BCUT2D eigenvalue weighted by molar-refractivity contribution is 9.11. The second-order valence-corrected chi connectivity index (χ2v) is 4.56. The predicted molar refractivity (Wildman–Crippen MR) is 62.6 cm³/mol. The summed E-state index contributed by atoms with van der Waals surface area (Å²) in [6, 6.07) is 1.87. The van der Waals surface area contributed by atoms with Crippen molar-refractivity contribution in [2.45, 2.75) is 0 Å². The number of hydrogen-bond donors (Lipinski definition) is 1. The molecule has 0 aliphatic heterocycles. The SMILES string of the molecule is O=Cc1cnc(-c2ncc(Br)cc2Br)[nH]1. The molecule has 0 aliphatic carbocycles. The summed E-state index contributed by atoms with van der Waals surface area (Å²) in [6.45, 7) is 0. The molecule has 0 fully saturated rings. The van der Waals surface area contributed by atoms with E-state index >= 15 is 0 Å². The Hall–Kier alpha value is -1.01. The van der Waals surface area contributed by atoms with Crippen LogP contribution >= 0.6 is 31.9 Å². The smallest absolute Gasteiger partial charge is 0.167 e. The molecular formula is C9H5Br2N3O. The Labute approximate surface area is 102 Å². The van der Waals surface area contributed by atoms with Crippen LogP contribution in [0.5, 0.6) is 0 Å². The number of nitrogens with zero attached hydrogens (tertiary/aromatic N) is 2. The van der Waals surface area contributed by atoms with Crippen molar-refractivity contribution in [2.75, 3.05) is 0 Å². The Bertz CT molecular complexity index is 510. The highest BCUT2D eigenvalue weighted by Gasteiger charge is 2.08. The molecule has 0 saturated carbocycles. The fourth-order valence-electron chi connectivity index (χ4n) is 1.10. The monoisotopic (exact) mass is 329 g/mol. The van der Waals surface area contributed by atoms with Crippen molar-refractivity contribution in [3.63, 3.8) is 0 Å². The molecule has 0 aromatic carbocycles. The van der Waals surface area contributed by atoms with Gasteiger partial charge in [0.15, 0.2) is 12.1 Å². The standard InChI is InChI=1S/C9H5Br2N3O/c10-5-1-7(11)8(12-2-5)9-13-3-6(4-15)14-9/h1-4H,(H,13,14). The summed E-state index contributed by atoms with van der Waals surface area (Å²) in [5, 5.41) is 0. The first-order chi connectivity index (χ1) is 7.20. The van der Waals surface area contributed by atoms with E-state index in [4.69, 9.17) is 0 Å². The lowest BCUT2D eigenvalue weighted by Crippen LogP contribution is -1.88. The second kappa shape index (κ2) is 4.24. The Kier molecular flexibility index (Phi) is 2.97. The van der Waals surface area contributed by atoms with Crippen LogP contribution in [0.15, 0.2) is 27.4 Å². The van der Waals surface area contributed by atoms with E-state index in [1.807, 2.05) is 6.07 Å². The Morgan fingerprint density at radius 3 is 2.67 bits per heavy atom. The summed E-state index contributed by atoms with van der Waals surface area (Å²) >= 11 is 6.68. The van der Waals surface area contributed by atoms with E-state index in [0.29, 0.717) is 23.5 Å². The van der Waals surface area contributed by atoms with Gasteiger partial charge in [0.05, 0.1) is 11.9 Å². The lowest BCUT2D eigenvalue weighted by atomic mass is 10.3. The third-order valence-electron chi connectivity index (χ3n) is 1.75. The van der Waals surface area contributed by atoms with Crippen molar-refractivity contribution in [3.8, 4) is 11.5 Å². The summed E-state index contributed by atoms with van der Waals surface area (Å²) < 4.78 is 1.68. The minimum absolute atomic E-state index is 0.432. The topological polar surface area (TPSA) is 58.6 Å². The fourth-order valence-corrected chi connectivity index (χ4v) is 2.28. The lowest BCUT2D eigenvalue weighted by Gasteiger charge is -1.99. The molecule has 2 heterocycles. The summed E-state index contributed by atoms with van der Waals surface area (Å²) in [5.74, 6) is 0.566. The first-order valence-electron chi connectivity index (χ1n) is 4.02. The second-order valence-electron chi connectivity index (χ2n) is 2.79. The molecule has 0 radical (unpaired) electrons. The van der Waals surface area contributed by atoms with Gasteiger partial charge in [-0.2, -0.15) is 0 Å². The van der Waals surface area contributed by atoms with E-state index in [9.17, 15) is 4.79 Å². The minimum atomic E-state index is 0.432. The Balaban J connectivity index is 2.49. The van der Waals surface area contributed by atoms with Gasteiger partial charge < -0.3 is 4.98 Å².